The summed E-state index contributed by atoms with van der Waals surface area (Å²) >= 11 is 0. The summed E-state index contributed by atoms with van der Waals surface area (Å²) in [4.78, 5) is 21.0. The Hall–Kier alpha value is -3.21. The molecule has 0 amide bonds. The average Bonchev–Trinajstić information content (AvgIpc) is 2.90. The van der Waals surface area contributed by atoms with Crippen LogP contribution >= 0.6 is 0 Å². The molecule has 0 saturated heterocycles. The maximum atomic E-state index is 11.9. The van der Waals surface area contributed by atoms with Gasteiger partial charge in [0.05, 0.1) is 5.92 Å². The van der Waals surface area contributed by atoms with Crippen LogP contribution in [0.5, 0.6) is 5.75 Å². The van der Waals surface area contributed by atoms with Crippen LogP contribution < -0.4 is 4.74 Å². The fraction of sp³-hybridized carbons (Fsp3) is 0.433. The highest BCUT2D eigenvalue weighted by Gasteiger charge is 2.16. The molecule has 0 N–H and O–H groups in total. The van der Waals surface area contributed by atoms with E-state index < -0.39 is 0 Å². The van der Waals surface area contributed by atoms with Crippen molar-refractivity contribution in [3.05, 3.63) is 66.5 Å². The first-order valence-corrected chi connectivity index (χ1v) is 12.8. The molecule has 0 bridgehead atoms. The molecular formula is C30H38N2O3. The van der Waals surface area contributed by atoms with Crippen LogP contribution in [0.15, 0.2) is 60.9 Å². The van der Waals surface area contributed by atoms with Gasteiger partial charge in [0.2, 0.25) is 0 Å². The van der Waals surface area contributed by atoms with Gasteiger partial charge in [-0.1, -0.05) is 76.4 Å². The van der Waals surface area contributed by atoms with Gasteiger partial charge in [0.1, 0.15) is 18.5 Å². The van der Waals surface area contributed by atoms with E-state index >= 15 is 0 Å². The summed E-state index contributed by atoms with van der Waals surface area (Å²) in [6.45, 7) is 8.25. The first-order valence-electron chi connectivity index (χ1n) is 12.8. The quantitative estimate of drug-likeness (QED) is 0.192. The molecule has 0 aliphatic heterocycles. The predicted octanol–water partition coefficient (Wildman–Crippen LogP) is 7.29. The lowest BCUT2D eigenvalue weighted by Crippen LogP contribution is -2.25. The minimum Gasteiger partial charge on any atom is -0.490 e. The molecule has 1 heterocycles. The summed E-state index contributed by atoms with van der Waals surface area (Å²) in [6, 6.07) is 16.2. The molecule has 3 aromatic rings. The third-order valence-corrected chi connectivity index (χ3v) is 6.17. The Kier molecular flexibility index (Phi) is 10.3. The highest BCUT2D eigenvalue weighted by Crippen LogP contribution is 2.25. The monoisotopic (exact) mass is 474 g/mol. The molecule has 5 nitrogen and oxygen atoms in total. The number of rotatable bonds is 13. The molecule has 0 spiro atoms. The van der Waals surface area contributed by atoms with Crippen molar-refractivity contribution < 1.29 is 14.3 Å². The van der Waals surface area contributed by atoms with E-state index in [1.165, 1.54) is 31.2 Å². The number of aromatic nitrogens is 2. The Labute approximate surface area is 209 Å². The van der Waals surface area contributed by atoms with Crippen molar-refractivity contribution in [2.75, 3.05) is 6.61 Å². The van der Waals surface area contributed by atoms with Crippen molar-refractivity contribution in [2.45, 2.75) is 72.3 Å². The normalized spacial score (nSPS) is 12.7. The van der Waals surface area contributed by atoms with Crippen molar-refractivity contribution in [3.8, 4) is 28.3 Å². The molecular weight excluding hydrogens is 436 g/mol. The van der Waals surface area contributed by atoms with E-state index in [1.54, 1.807) is 0 Å². The summed E-state index contributed by atoms with van der Waals surface area (Å²) < 4.78 is 11.2. The number of unbranched alkanes of at least 4 members (excludes halogenated alkanes) is 3. The zero-order valence-corrected chi connectivity index (χ0v) is 21.5. The number of nitrogens with zero attached hydrogens (tertiary/aromatic N) is 2. The summed E-state index contributed by atoms with van der Waals surface area (Å²) in [7, 11) is 0. The Bertz CT molecular complexity index is 1030. The van der Waals surface area contributed by atoms with Crippen LogP contribution in [0.3, 0.4) is 0 Å². The molecule has 186 valence electrons. The van der Waals surface area contributed by atoms with Crippen molar-refractivity contribution in [2.24, 2.45) is 5.92 Å². The van der Waals surface area contributed by atoms with Crippen molar-refractivity contribution >= 4 is 5.97 Å². The van der Waals surface area contributed by atoms with E-state index in [1.807, 2.05) is 57.4 Å². The van der Waals surface area contributed by atoms with E-state index in [2.05, 4.69) is 41.2 Å². The fourth-order valence-corrected chi connectivity index (χ4v) is 3.67. The van der Waals surface area contributed by atoms with E-state index in [4.69, 9.17) is 9.47 Å². The second kappa shape index (κ2) is 13.6. The molecule has 0 radical (unpaired) electrons. The van der Waals surface area contributed by atoms with Gasteiger partial charge >= 0.3 is 5.97 Å². The summed E-state index contributed by atoms with van der Waals surface area (Å²) in [5.74, 6) is 1.24. The van der Waals surface area contributed by atoms with Crippen LogP contribution in [0.4, 0.5) is 0 Å². The van der Waals surface area contributed by atoms with Crippen LogP contribution in [0.2, 0.25) is 0 Å². The minimum atomic E-state index is -0.291. The highest BCUT2D eigenvalue weighted by atomic mass is 16.6. The summed E-state index contributed by atoms with van der Waals surface area (Å²) in [5.41, 5.74) is 4.42. The lowest BCUT2D eigenvalue weighted by Gasteiger charge is -2.16. The lowest BCUT2D eigenvalue weighted by atomic mass is 10.0. The summed E-state index contributed by atoms with van der Waals surface area (Å²) in [6.07, 6.45) is 10.4. The Morgan fingerprint density at radius 1 is 0.829 bits per heavy atom. The molecule has 1 aromatic heterocycles. The third-order valence-electron chi connectivity index (χ3n) is 6.17. The smallest absolute Gasteiger partial charge is 0.309 e. The first kappa shape index (κ1) is 26.4. The summed E-state index contributed by atoms with van der Waals surface area (Å²) in [5, 5.41) is 0. The van der Waals surface area contributed by atoms with Crippen molar-refractivity contribution in [1.82, 2.24) is 9.97 Å². The van der Waals surface area contributed by atoms with E-state index in [-0.39, 0.29) is 18.0 Å². The molecule has 3 rings (SSSR count). The molecule has 0 fully saturated rings. The number of esters is 1. The Morgan fingerprint density at radius 2 is 1.43 bits per heavy atom. The molecule has 0 saturated carbocycles. The predicted molar refractivity (Wildman–Crippen MR) is 141 cm³/mol. The van der Waals surface area contributed by atoms with Crippen LogP contribution in [-0.2, 0) is 16.0 Å². The zero-order valence-electron chi connectivity index (χ0n) is 21.5. The van der Waals surface area contributed by atoms with Crippen molar-refractivity contribution in [3.63, 3.8) is 0 Å². The SMILES string of the molecule is CCCCCCc1cnc(-c2ccc(-c3ccc(OC[C@H](C)OC(=O)C(C)CC)cc3)cc2)nc1. The molecule has 1 unspecified atom stereocenters. The van der Waals surface area contributed by atoms with Crippen LogP contribution in [0.25, 0.3) is 22.5 Å². The lowest BCUT2D eigenvalue weighted by molar-refractivity contribution is -0.154. The van der Waals surface area contributed by atoms with Gasteiger partial charge < -0.3 is 9.47 Å². The molecule has 2 atom stereocenters. The number of carbonyl (C=O) groups is 1. The van der Waals surface area contributed by atoms with E-state index in [0.717, 1.165) is 41.1 Å². The Balaban J connectivity index is 1.52. The standard InChI is InChI=1S/C30H38N2O3/c1-5-7-8-9-10-24-19-31-29(32-20-24)27-13-11-25(12-14-27)26-15-17-28(18-16-26)34-21-23(4)35-30(33)22(3)6-2/h11-20,22-23H,5-10,21H2,1-4H3/t22?,23-/m0/s1. The van der Waals surface area contributed by atoms with Crippen LogP contribution in [0.1, 0.15) is 65.4 Å². The number of ether oxygens (including phenoxy) is 2. The molecule has 2 aromatic carbocycles. The van der Waals surface area contributed by atoms with Gasteiger partial charge in [-0.25, -0.2) is 9.97 Å². The third kappa shape index (κ3) is 8.20. The number of hydrogen-bond acceptors (Lipinski definition) is 5. The second-order valence-corrected chi connectivity index (χ2v) is 9.20. The largest absolute Gasteiger partial charge is 0.490 e. The average molecular weight is 475 g/mol. The van der Waals surface area contributed by atoms with Gasteiger partial charge in [-0.15, -0.1) is 0 Å². The number of carbonyl (C=O) groups excluding carboxylic acids is 1. The molecule has 5 heteroatoms. The fourth-order valence-electron chi connectivity index (χ4n) is 3.67. The zero-order chi connectivity index (χ0) is 25.0. The number of aryl methyl sites for hydroxylation is 1. The maximum absolute atomic E-state index is 11.9. The molecule has 0 aliphatic rings. The van der Waals surface area contributed by atoms with Gasteiger partial charge in [-0.3, -0.25) is 4.79 Å². The van der Waals surface area contributed by atoms with Crippen molar-refractivity contribution in [1.29, 1.82) is 0 Å². The topological polar surface area (TPSA) is 61.3 Å². The number of benzene rings is 2. The van der Waals surface area contributed by atoms with Gasteiger partial charge in [-0.05, 0) is 55.0 Å². The first-order chi connectivity index (χ1) is 17.0. The molecule has 35 heavy (non-hydrogen) atoms. The highest BCUT2D eigenvalue weighted by molar-refractivity contribution is 5.72. The minimum absolute atomic E-state index is 0.0885. The van der Waals surface area contributed by atoms with Gasteiger partial charge in [0.25, 0.3) is 0 Å². The van der Waals surface area contributed by atoms with Gasteiger partial charge in [0, 0.05) is 18.0 Å². The van der Waals surface area contributed by atoms with E-state index in [0.29, 0.717) is 6.61 Å². The van der Waals surface area contributed by atoms with Gasteiger partial charge in [0.15, 0.2) is 5.82 Å². The van der Waals surface area contributed by atoms with Crippen LogP contribution in [-0.4, -0.2) is 28.6 Å². The Morgan fingerprint density at radius 3 is 2.03 bits per heavy atom. The number of hydrogen-bond donors (Lipinski definition) is 0. The maximum Gasteiger partial charge on any atom is 0.309 e. The van der Waals surface area contributed by atoms with Crippen LogP contribution in [0, 0.1) is 5.92 Å². The van der Waals surface area contributed by atoms with Gasteiger partial charge in [-0.2, -0.15) is 0 Å². The second-order valence-electron chi connectivity index (χ2n) is 9.20. The molecule has 0 aliphatic carbocycles. The van der Waals surface area contributed by atoms with E-state index in [9.17, 15) is 4.79 Å².